The number of rotatable bonds is 9. The SMILES string of the molecule is O=C(O)c1cccc2cccc(C(=O)Nc3ccc(SC(C(=O)Nc4ccc([N+](=O)[O-])cc4)c4ccccc4)cc3)c12. The highest BCUT2D eigenvalue weighted by atomic mass is 32.2. The Bertz CT molecular complexity index is 1790. The predicted octanol–water partition coefficient (Wildman–Crippen LogP) is 7.17. The molecule has 0 saturated heterocycles. The molecule has 0 aromatic heterocycles. The molecule has 10 heteroatoms. The van der Waals surface area contributed by atoms with Crippen molar-refractivity contribution in [2.24, 2.45) is 0 Å². The van der Waals surface area contributed by atoms with Crippen LogP contribution in [0.3, 0.4) is 0 Å². The maximum Gasteiger partial charge on any atom is 0.336 e. The minimum absolute atomic E-state index is 0.0453. The predicted molar refractivity (Wildman–Crippen MR) is 162 cm³/mol. The maximum atomic E-state index is 13.3. The van der Waals surface area contributed by atoms with Crippen LogP contribution in [0.5, 0.6) is 0 Å². The molecule has 0 bridgehead atoms. The van der Waals surface area contributed by atoms with E-state index in [0.717, 1.165) is 10.5 Å². The van der Waals surface area contributed by atoms with Gasteiger partial charge in [-0.25, -0.2) is 4.79 Å². The van der Waals surface area contributed by atoms with Crippen molar-refractivity contribution in [1.29, 1.82) is 0 Å². The zero-order valence-corrected chi connectivity index (χ0v) is 22.7. The standard InChI is InChI=1S/C32H23N3O6S/c36-30(26-10-4-8-20-9-5-11-27(28(20)26)32(38)39)33-23-14-18-25(19-15-23)42-29(21-6-2-1-3-7-21)31(37)34-22-12-16-24(17-13-22)35(40)41/h1-19,29H,(H,33,36)(H,34,37)(H,38,39). The number of anilines is 2. The quantitative estimate of drug-likeness (QED) is 0.0959. The number of nitrogens with one attached hydrogen (secondary N) is 2. The zero-order chi connectivity index (χ0) is 29.6. The second kappa shape index (κ2) is 12.4. The van der Waals surface area contributed by atoms with Crippen LogP contribution in [0.25, 0.3) is 10.8 Å². The fourth-order valence-electron chi connectivity index (χ4n) is 4.43. The number of benzene rings is 5. The van der Waals surface area contributed by atoms with Gasteiger partial charge in [0, 0.05) is 39.4 Å². The molecule has 208 valence electrons. The Morgan fingerprint density at radius 2 is 1.31 bits per heavy atom. The second-order valence-corrected chi connectivity index (χ2v) is 10.4. The van der Waals surface area contributed by atoms with Crippen molar-refractivity contribution in [3.63, 3.8) is 0 Å². The van der Waals surface area contributed by atoms with Crippen LogP contribution in [-0.4, -0.2) is 27.8 Å². The third-order valence-corrected chi connectivity index (χ3v) is 7.70. The molecule has 5 rings (SSSR count). The lowest BCUT2D eigenvalue weighted by Gasteiger charge is -2.17. The Labute approximate surface area is 244 Å². The van der Waals surface area contributed by atoms with E-state index >= 15 is 0 Å². The first-order chi connectivity index (χ1) is 20.3. The molecule has 1 atom stereocenters. The Morgan fingerprint density at radius 1 is 0.714 bits per heavy atom. The normalized spacial score (nSPS) is 11.4. The third kappa shape index (κ3) is 6.29. The van der Waals surface area contributed by atoms with Crippen LogP contribution >= 0.6 is 11.8 Å². The average molecular weight is 578 g/mol. The van der Waals surface area contributed by atoms with Crippen LogP contribution in [0.15, 0.2) is 120 Å². The number of carboxylic acid groups (broad SMARTS) is 1. The number of hydrogen-bond donors (Lipinski definition) is 3. The summed E-state index contributed by atoms with van der Waals surface area (Å²) in [5, 5.41) is 26.6. The van der Waals surface area contributed by atoms with Gasteiger partial charge in [0.1, 0.15) is 5.25 Å². The number of carboxylic acids is 1. The summed E-state index contributed by atoms with van der Waals surface area (Å²) in [5.74, 6) is -1.87. The second-order valence-electron chi connectivity index (χ2n) is 9.19. The molecule has 3 N–H and O–H groups in total. The van der Waals surface area contributed by atoms with Crippen LogP contribution in [0.1, 0.15) is 31.5 Å². The lowest BCUT2D eigenvalue weighted by atomic mass is 9.98. The number of nitro groups is 1. The summed E-state index contributed by atoms with van der Waals surface area (Å²) in [6.07, 6.45) is 0. The van der Waals surface area contributed by atoms with Gasteiger partial charge >= 0.3 is 5.97 Å². The molecule has 5 aromatic rings. The lowest BCUT2D eigenvalue weighted by Crippen LogP contribution is -2.19. The van der Waals surface area contributed by atoms with Gasteiger partial charge in [0.05, 0.1) is 10.5 Å². The largest absolute Gasteiger partial charge is 0.478 e. The van der Waals surface area contributed by atoms with E-state index in [4.69, 9.17) is 0 Å². The van der Waals surface area contributed by atoms with Gasteiger partial charge in [0.25, 0.3) is 11.6 Å². The summed E-state index contributed by atoms with van der Waals surface area (Å²) in [6, 6.07) is 31.7. The molecule has 0 fully saturated rings. The van der Waals surface area contributed by atoms with Gasteiger partial charge in [-0.3, -0.25) is 19.7 Å². The van der Waals surface area contributed by atoms with Gasteiger partial charge in [-0.1, -0.05) is 54.6 Å². The van der Waals surface area contributed by atoms with Crippen LogP contribution in [0.4, 0.5) is 17.1 Å². The van der Waals surface area contributed by atoms with E-state index in [0.29, 0.717) is 22.1 Å². The van der Waals surface area contributed by atoms with Crippen molar-refractivity contribution in [1.82, 2.24) is 0 Å². The van der Waals surface area contributed by atoms with Crippen molar-refractivity contribution in [2.45, 2.75) is 10.1 Å². The van der Waals surface area contributed by atoms with Crippen molar-refractivity contribution < 1.29 is 24.4 Å². The first kappa shape index (κ1) is 28.1. The molecule has 0 heterocycles. The van der Waals surface area contributed by atoms with Gasteiger partial charge in [0.2, 0.25) is 5.91 Å². The highest BCUT2D eigenvalue weighted by Crippen LogP contribution is 2.37. The summed E-state index contributed by atoms with van der Waals surface area (Å²) in [6.45, 7) is 0. The van der Waals surface area contributed by atoms with Gasteiger partial charge in [-0.05, 0) is 59.5 Å². The molecule has 0 saturated carbocycles. The highest BCUT2D eigenvalue weighted by molar-refractivity contribution is 8.00. The average Bonchev–Trinajstić information content (AvgIpc) is 3.00. The number of thioether (sulfide) groups is 1. The molecule has 1 unspecified atom stereocenters. The third-order valence-electron chi connectivity index (χ3n) is 6.43. The molecule has 0 aliphatic heterocycles. The summed E-state index contributed by atoms with van der Waals surface area (Å²) < 4.78 is 0. The van der Waals surface area contributed by atoms with Crippen molar-refractivity contribution in [3.8, 4) is 0 Å². The molecule has 2 amide bonds. The number of amides is 2. The molecule has 9 nitrogen and oxygen atoms in total. The smallest absolute Gasteiger partial charge is 0.336 e. The molecule has 42 heavy (non-hydrogen) atoms. The summed E-state index contributed by atoms with van der Waals surface area (Å²) in [7, 11) is 0. The molecule has 0 aliphatic carbocycles. The summed E-state index contributed by atoms with van der Waals surface area (Å²) in [5.41, 5.74) is 1.92. The number of carbonyl (C=O) groups excluding carboxylic acids is 2. The molecule has 0 spiro atoms. The minimum atomic E-state index is -1.12. The molecule has 5 aromatic carbocycles. The molecule has 0 radical (unpaired) electrons. The van der Waals surface area contributed by atoms with Gasteiger partial charge < -0.3 is 15.7 Å². The Morgan fingerprint density at radius 3 is 1.93 bits per heavy atom. The van der Waals surface area contributed by atoms with E-state index in [2.05, 4.69) is 10.6 Å². The van der Waals surface area contributed by atoms with E-state index in [-0.39, 0.29) is 22.7 Å². The number of non-ortho nitro benzene ring substituents is 1. The van der Waals surface area contributed by atoms with E-state index in [1.807, 2.05) is 30.3 Å². The number of nitro benzene ring substituents is 1. The van der Waals surface area contributed by atoms with Gasteiger partial charge in [-0.2, -0.15) is 0 Å². The maximum absolute atomic E-state index is 13.3. The minimum Gasteiger partial charge on any atom is -0.478 e. The molecule has 0 aliphatic rings. The fourth-order valence-corrected chi connectivity index (χ4v) is 5.46. The number of fused-ring (bicyclic) bond motifs is 1. The van der Waals surface area contributed by atoms with Crippen molar-refractivity contribution in [3.05, 3.63) is 142 Å². The zero-order valence-electron chi connectivity index (χ0n) is 21.9. The molecular formula is C32H23N3O6S. The van der Waals surface area contributed by atoms with Crippen LogP contribution in [-0.2, 0) is 4.79 Å². The fraction of sp³-hybridized carbons (Fsp3) is 0.0312. The summed E-state index contributed by atoms with van der Waals surface area (Å²) in [4.78, 5) is 49.5. The van der Waals surface area contributed by atoms with Crippen LogP contribution in [0.2, 0.25) is 0 Å². The van der Waals surface area contributed by atoms with Crippen molar-refractivity contribution in [2.75, 3.05) is 10.6 Å². The van der Waals surface area contributed by atoms with Crippen LogP contribution in [0, 0.1) is 10.1 Å². The number of nitrogens with zero attached hydrogens (tertiary/aromatic N) is 1. The molecular weight excluding hydrogens is 554 g/mol. The van der Waals surface area contributed by atoms with Crippen LogP contribution < -0.4 is 10.6 Å². The summed E-state index contributed by atoms with van der Waals surface area (Å²) >= 11 is 1.31. The van der Waals surface area contributed by atoms with Gasteiger partial charge in [0.15, 0.2) is 0 Å². The Balaban J connectivity index is 1.34. The number of carbonyl (C=O) groups is 3. The number of hydrogen-bond acceptors (Lipinski definition) is 6. The van der Waals surface area contributed by atoms with E-state index < -0.39 is 22.0 Å². The van der Waals surface area contributed by atoms with E-state index in [9.17, 15) is 29.6 Å². The first-order valence-corrected chi connectivity index (χ1v) is 13.6. The van der Waals surface area contributed by atoms with E-state index in [1.165, 1.54) is 42.1 Å². The van der Waals surface area contributed by atoms with Gasteiger partial charge in [-0.15, -0.1) is 11.8 Å². The Kier molecular flexibility index (Phi) is 8.26. The topological polar surface area (TPSA) is 139 Å². The number of aromatic carboxylic acids is 1. The lowest BCUT2D eigenvalue weighted by molar-refractivity contribution is -0.384. The Hall–Kier alpha value is -5.48. The monoisotopic (exact) mass is 577 g/mol. The van der Waals surface area contributed by atoms with Crippen molar-refractivity contribution >= 4 is 57.4 Å². The van der Waals surface area contributed by atoms with E-state index in [1.54, 1.807) is 54.6 Å². The highest BCUT2D eigenvalue weighted by Gasteiger charge is 2.23. The first-order valence-electron chi connectivity index (χ1n) is 12.7.